The van der Waals surface area contributed by atoms with Gasteiger partial charge in [-0.05, 0) is 68.7 Å². The van der Waals surface area contributed by atoms with E-state index in [4.69, 9.17) is 0 Å². The molecule has 0 bridgehead atoms. The molecule has 1 amide bonds. The summed E-state index contributed by atoms with van der Waals surface area (Å²) in [6.45, 7) is 3.50. The molecule has 1 fully saturated rings. The van der Waals surface area contributed by atoms with E-state index in [9.17, 15) is 17.6 Å². The second-order valence-electron chi connectivity index (χ2n) is 7.20. The summed E-state index contributed by atoms with van der Waals surface area (Å²) >= 11 is 0. The highest BCUT2D eigenvalue weighted by molar-refractivity contribution is 7.89. The summed E-state index contributed by atoms with van der Waals surface area (Å²) in [4.78, 5) is 13.0. The van der Waals surface area contributed by atoms with E-state index < -0.39 is 15.4 Å². The van der Waals surface area contributed by atoms with Gasteiger partial charge in [0.05, 0.1) is 10.3 Å². The third-order valence-electron chi connectivity index (χ3n) is 4.85. The van der Waals surface area contributed by atoms with Crippen molar-refractivity contribution in [1.82, 2.24) is 4.72 Å². The molecule has 0 saturated heterocycles. The molecular formula is C20H23FN2O3S. The Morgan fingerprint density at radius 1 is 1.04 bits per heavy atom. The fourth-order valence-electron chi connectivity index (χ4n) is 3.29. The van der Waals surface area contributed by atoms with Crippen LogP contribution in [-0.4, -0.2) is 20.4 Å². The monoisotopic (exact) mass is 390 g/mol. The molecule has 27 heavy (non-hydrogen) atoms. The van der Waals surface area contributed by atoms with Gasteiger partial charge >= 0.3 is 0 Å². The lowest BCUT2D eigenvalue weighted by Crippen LogP contribution is -2.46. The third kappa shape index (κ3) is 4.04. The maximum absolute atomic E-state index is 13.2. The van der Waals surface area contributed by atoms with Crippen LogP contribution >= 0.6 is 0 Å². The SMILES string of the molecule is CC(C)NS(=O)(=O)c1ccc(NC(=O)C2(c3ccc(F)cc3)CCC2)cc1. The lowest BCUT2D eigenvalue weighted by atomic mass is 9.64. The molecule has 7 heteroatoms. The van der Waals surface area contributed by atoms with Crippen LogP contribution in [0.15, 0.2) is 53.4 Å². The van der Waals surface area contributed by atoms with Crippen molar-refractivity contribution >= 4 is 21.6 Å². The van der Waals surface area contributed by atoms with Crippen molar-refractivity contribution in [2.75, 3.05) is 5.32 Å². The van der Waals surface area contributed by atoms with Gasteiger partial charge in [-0.3, -0.25) is 4.79 Å². The first-order valence-corrected chi connectivity index (χ1v) is 10.4. The summed E-state index contributed by atoms with van der Waals surface area (Å²) in [7, 11) is -3.57. The predicted molar refractivity (Wildman–Crippen MR) is 102 cm³/mol. The Labute approximate surface area is 159 Å². The van der Waals surface area contributed by atoms with Crippen molar-refractivity contribution < 1.29 is 17.6 Å². The van der Waals surface area contributed by atoms with Crippen molar-refractivity contribution in [2.45, 2.75) is 49.5 Å². The van der Waals surface area contributed by atoms with Crippen LogP contribution in [0.4, 0.5) is 10.1 Å². The molecule has 1 saturated carbocycles. The topological polar surface area (TPSA) is 75.3 Å². The van der Waals surface area contributed by atoms with E-state index in [1.807, 2.05) is 0 Å². The van der Waals surface area contributed by atoms with Gasteiger partial charge < -0.3 is 5.32 Å². The van der Waals surface area contributed by atoms with Crippen LogP contribution in [0, 0.1) is 5.82 Å². The first-order chi connectivity index (χ1) is 12.7. The van der Waals surface area contributed by atoms with Crippen LogP contribution < -0.4 is 10.0 Å². The number of nitrogens with one attached hydrogen (secondary N) is 2. The molecule has 144 valence electrons. The number of anilines is 1. The number of hydrogen-bond acceptors (Lipinski definition) is 3. The summed E-state index contributed by atoms with van der Waals surface area (Å²) < 4.78 is 40.1. The molecule has 5 nitrogen and oxygen atoms in total. The zero-order valence-corrected chi connectivity index (χ0v) is 16.1. The van der Waals surface area contributed by atoms with Gasteiger partial charge in [-0.2, -0.15) is 0 Å². The van der Waals surface area contributed by atoms with Gasteiger partial charge in [-0.25, -0.2) is 17.5 Å². The number of rotatable bonds is 6. The second-order valence-corrected chi connectivity index (χ2v) is 8.91. The van der Waals surface area contributed by atoms with E-state index in [0.717, 1.165) is 12.0 Å². The number of sulfonamides is 1. The zero-order valence-electron chi connectivity index (χ0n) is 15.3. The zero-order chi connectivity index (χ0) is 19.7. The molecular weight excluding hydrogens is 367 g/mol. The fourth-order valence-corrected chi connectivity index (χ4v) is 4.54. The number of benzene rings is 2. The highest BCUT2D eigenvalue weighted by Crippen LogP contribution is 2.44. The number of hydrogen-bond donors (Lipinski definition) is 2. The minimum absolute atomic E-state index is 0.145. The Bertz CT molecular complexity index is 919. The first kappa shape index (κ1) is 19.5. The van der Waals surface area contributed by atoms with E-state index in [0.29, 0.717) is 18.5 Å². The summed E-state index contributed by atoms with van der Waals surface area (Å²) in [5, 5.41) is 2.87. The summed E-state index contributed by atoms with van der Waals surface area (Å²) in [5.74, 6) is -0.489. The maximum Gasteiger partial charge on any atom is 0.240 e. The first-order valence-electron chi connectivity index (χ1n) is 8.93. The van der Waals surface area contributed by atoms with Crippen LogP contribution in [0.1, 0.15) is 38.7 Å². The van der Waals surface area contributed by atoms with Crippen LogP contribution in [0.2, 0.25) is 0 Å². The molecule has 1 aliphatic carbocycles. The minimum atomic E-state index is -3.57. The lowest BCUT2D eigenvalue weighted by molar-refractivity contribution is -0.124. The molecule has 2 N–H and O–H groups in total. The van der Waals surface area contributed by atoms with Crippen molar-refractivity contribution in [3.63, 3.8) is 0 Å². The standard InChI is InChI=1S/C20H23FN2O3S/c1-14(2)23-27(25,26)18-10-8-17(9-11-18)22-19(24)20(12-3-13-20)15-4-6-16(21)7-5-15/h4-11,14,23H,3,12-13H2,1-2H3,(H,22,24). The third-order valence-corrected chi connectivity index (χ3v) is 6.53. The molecule has 2 aromatic rings. The molecule has 0 heterocycles. The minimum Gasteiger partial charge on any atom is -0.325 e. The Morgan fingerprint density at radius 2 is 1.63 bits per heavy atom. The highest BCUT2D eigenvalue weighted by atomic mass is 32.2. The predicted octanol–water partition coefficient (Wildman–Crippen LogP) is 3.57. The molecule has 1 aliphatic rings. The average Bonchev–Trinajstić information content (AvgIpc) is 2.55. The normalized spacial score (nSPS) is 16.0. The van der Waals surface area contributed by atoms with Gasteiger partial charge in [0.1, 0.15) is 5.82 Å². The van der Waals surface area contributed by atoms with Gasteiger partial charge in [-0.1, -0.05) is 18.6 Å². The Balaban J connectivity index is 1.77. The smallest absolute Gasteiger partial charge is 0.240 e. The van der Waals surface area contributed by atoms with E-state index in [2.05, 4.69) is 10.0 Å². The van der Waals surface area contributed by atoms with Crippen LogP contribution in [0.3, 0.4) is 0 Å². The lowest BCUT2D eigenvalue weighted by Gasteiger charge is -2.40. The number of carbonyl (C=O) groups excluding carboxylic acids is 1. The number of halogens is 1. The van der Waals surface area contributed by atoms with E-state index in [-0.39, 0.29) is 22.7 Å². The molecule has 3 rings (SSSR count). The van der Waals surface area contributed by atoms with E-state index >= 15 is 0 Å². The van der Waals surface area contributed by atoms with E-state index in [1.165, 1.54) is 24.3 Å². The molecule has 0 spiro atoms. The van der Waals surface area contributed by atoms with Gasteiger partial charge in [0.15, 0.2) is 0 Å². The van der Waals surface area contributed by atoms with Crippen molar-refractivity contribution in [3.05, 3.63) is 59.9 Å². The summed E-state index contributed by atoms with van der Waals surface area (Å²) in [5.41, 5.74) is 0.669. The van der Waals surface area contributed by atoms with Gasteiger partial charge in [0.25, 0.3) is 0 Å². The number of carbonyl (C=O) groups is 1. The van der Waals surface area contributed by atoms with Gasteiger partial charge in [-0.15, -0.1) is 0 Å². The largest absolute Gasteiger partial charge is 0.325 e. The molecule has 0 radical (unpaired) electrons. The molecule has 0 aliphatic heterocycles. The van der Waals surface area contributed by atoms with Gasteiger partial charge in [0.2, 0.25) is 15.9 Å². The Hall–Kier alpha value is -2.25. The molecule has 0 aromatic heterocycles. The van der Waals surface area contributed by atoms with Crippen LogP contribution in [-0.2, 0) is 20.2 Å². The highest BCUT2D eigenvalue weighted by Gasteiger charge is 2.45. The second kappa shape index (κ2) is 7.40. The molecule has 0 unspecified atom stereocenters. The Kier molecular flexibility index (Phi) is 5.35. The average molecular weight is 390 g/mol. The number of amides is 1. The van der Waals surface area contributed by atoms with Gasteiger partial charge in [0, 0.05) is 11.7 Å². The molecule has 0 atom stereocenters. The summed E-state index contributed by atoms with van der Waals surface area (Å²) in [6, 6.07) is 11.9. The quantitative estimate of drug-likeness (QED) is 0.792. The Morgan fingerprint density at radius 3 is 2.11 bits per heavy atom. The van der Waals surface area contributed by atoms with Crippen molar-refractivity contribution in [1.29, 1.82) is 0 Å². The van der Waals surface area contributed by atoms with Crippen molar-refractivity contribution in [3.8, 4) is 0 Å². The van der Waals surface area contributed by atoms with Crippen LogP contribution in [0.5, 0.6) is 0 Å². The summed E-state index contributed by atoms with van der Waals surface area (Å²) in [6.07, 6.45) is 2.34. The van der Waals surface area contributed by atoms with Crippen molar-refractivity contribution in [2.24, 2.45) is 0 Å². The molecule has 2 aromatic carbocycles. The maximum atomic E-state index is 13.2. The van der Waals surface area contributed by atoms with E-state index in [1.54, 1.807) is 38.1 Å². The van der Waals surface area contributed by atoms with Crippen LogP contribution in [0.25, 0.3) is 0 Å². The fraction of sp³-hybridized carbons (Fsp3) is 0.350.